The van der Waals surface area contributed by atoms with Crippen LogP contribution in [0.4, 0.5) is 5.82 Å². The molecule has 2 fully saturated rings. The molecule has 2 aliphatic rings. The van der Waals surface area contributed by atoms with Crippen molar-refractivity contribution in [1.29, 1.82) is 0 Å². The van der Waals surface area contributed by atoms with Crippen molar-refractivity contribution in [2.75, 3.05) is 25.1 Å². The molecule has 0 spiro atoms. The maximum absolute atomic E-state index is 12.7. The number of likely N-dealkylation sites (tertiary alicyclic amines) is 1. The number of amides is 1. The number of nitrogens with zero attached hydrogens (tertiary/aromatic N) is 4. The van der Waals surface area contributed by atoms with Crippen molar-refractivity contribution >= 4 is 11.7 Å². The first-order chi connectivity index (χ1) is 13.5. The molecule has 1 amide bonds. The molecular weight excluding hydrogens is 362 g/mol. The first kappa shape index (κ1) is 18.3. The molecule has 0 bridgehead atoms. The molecule has 2 N–H and O–H groups in total. The van der Waals surface area contributed by atoms with Gasteiger partial charge < -0.3 is 19.6 Å². The van der Waals surface area contributed by atoms with E-state index in [1.54, 1.807) is 12.0 Å². The molecule has 9 nitrogen and oxygen atoms in total. The topological polar surface area (TPSA) is 112 Å². The van der Waals surface area contributed by atoms with E-state index in [0.717, 1.165) is 31.5 Å². The van der Waals surface area contributed by atoms with Gasteiger partial charge in [-0.25, -0.2) is 9.97 Å². The second kappa shape index (κ2) is 7.49. The second-order valence-electron chi connectivity index (χ2n) is 7.20. The maximum atomic E-state index is 12.7. The van der Waals surface area contributed by atoms with Crippen molar-refractivity contribution < 1.29 is 14.6 Å². The van der Waals surface area contributed by atoms with Crippen molar-refractivity contribution in [2.45, 2.75) is 37.8 Å². The van der Waals surface area contributed by atoms with Crippen molar-refractivity contribution in [2.24, 2.45) is 0 Å². The molecule has 0 atom stereocenters. The number of aromatic hydroxyl groups is 1. The summed E-state index contributed by atoms with van der Waals surface area (Å²) in [4.78, 5) is 39.0. The van der Waals surface area contributed by atoms with Gasteiger partial charge in [0.05, 0.1) is 12.7 Å². The zero-order chi connectivity index (χ0) is 19.7. The van der Waals surface area contributed by atoms with Crippen LogP contribution in [0.5, 0.6) is 11.8 Å². The Morgan fingerprint density at radius 2 is 1.89 bits per heavy atom. The van der Waals surface area contributed by atoms with Gasteiger partial charge in [-0.05, 0) is 25.7 Å². The lowest BCUT2D eigenvalue weighted by atomic mass is 10.0. The Hall–Kier alpha value is -3.10. The first-order valence-electron chi connectivity index (χ1n) is 9.42. The Morgan fingerprint density at radius 1 is 1.18 bits per heavy atom. The fourth-order valence-electron chi connectivity index (χ4n) is 3.79. The highest BCUT2D eigenvalue weighted by Crippen LogP contribution is 2.36. The predicted molar refractivity (Wildman–Crippen MR) is 102 cm³/mol. The van der Waals surface area contributed by atoms with Gasteiger partial charge in [0.2, 0.25) is 5.88 Å². The molecule has 3 heterocycles. The number of rotatable bonds is 5. The summed E-state index contributed by atoms with van der Waals surface area (Å²) in [6.07, 6.45) is 5.41. The number of H-pyrrole nitrogens is 1. The zero-order valence-electron chi connectivity index (χ0n) is 15.7. The minimum absolute atomic E-state index is 0.208. The highest BCUT2D eigenvalue weighted by Gasteiger charge is 2.37. The lowest BCUT2D eigenvalue weighted by molar-refractivity contribution is 0.0711. The van der Waals surface area contributed by atoms with Crippen LogP contribution in [0, 0.1) is 0 Å². The second-order valence-corrected chi connectivity index (χ2v) is 7.20. The normalized spacial score (nSPS) is 17.4. The standard InChI is InChI=1S/C19H23N5O4/c1-28-18-10-15(20-11-21-18)24(13-2-3-13)14-4-6-23(7-5-14)19(27)12-8-16(25)22-17(26)9-12/h8-11,13-14H,2-7H2,1H3,(H2,22,25,26). The van der Waals surface area contributed by atoms with E-state index in [2.05, 4.69) is 19.9 Å². The highest BCUT2D eigenvalue weighted by molar-refractivity contribution is 5.94. The number of anilines is 1. The Labute approximate surface area is 162 Å². The number of pyridine rings is 1. The van der Waals surface area contributed by atoms with Crippen LogP contribution in [0.25, 0.3) is 0 Å². The summed E-state index contributed by atoms with van der Waals surface area (Å²) in [7, 11) is 1.59. The first-order valence-corrected chi connectivity index (χ1v) is 9.42. The van der Waals surface area contributed by atoms with Crippen LogP contribution in [-0.4, -0.2) is 63.1 Å². The van der Waals surface area contributed by atoms with Gasteiger partial charge in [0, 0.05) is 43.4 Å². The quantitative estimate of drug-likeness (QED) is 0.794. The summed E-state index contributed by atoms with van der Waals surface area (Å²) >= 11 is 0. The fraction of sp³-hybridized carbons (Fsp3) is 0.474. The van der Waals surface area contributed by atoms with Gasteiger partial charge in [-0.15, -0.1) is 0 Å². The Morgan fingerprint density at radius 3 is 2.54 bits per heavy atom. The summed E-state index contributed by atoms with van der Waals surface area (Å²) in [5.74, 6) is 0.862. The number of methoxy groups -OCH3 is 1. The average Bonchev–Trinajstić information content (AvgIpc) is 3.53. The van der Waals surface area contributed by atoms with Crippen LogP contribution < -0.4 is 15.2 Å². The summed E-state index contributed by atoms with van der Waals surface area (Å²) in [6.45, 7) is 1.17. The molecule has 1 aliphatic carbocycles. The minimum Gasteiger partial charge on any atom is -0.494 e. The number of aromatic nitrogens is 3. The van der Waals surface area contributed by atoms with E-state index in [-0.39, 0.29) is 23.4 Å². The largest absolute Gasteiger partial charge is 0.494 e. The van der Waals surface area contributed by atoms with Crippen molar-refractivity contribution in [3.05, 3.63) is 40.4 Å². The number of carbonyl (C=O) groups is 1. The van der Waals surface area contributed by atoms with Crippen LogP contribution in [0.2, 0.25) is 0 Å². The van der Waals surface area contributed by atoms with Crippen LogP contribution in [0.3, 0.4) is 0 Å². The lowest BCUT2D eigenvalue weighted by Gasteiger charge is -2.39. The third-order valence-electron chi connectivity index (χ3n) is 5.26. The van der Waals surface area contributed by atoms with Crippen molar-refractivity contribution in [3.8, 4) is 11.8 Å². The van der Waals surface area contributed by atoms with Gasteiger partial charge in [0.25, 0.3) is 11.5 Å². The summed E-state index contributed by atoms with van der Waals surface area (Å²) in [5.41, 5.74) is -0.282. The molecule has 4 rings (SSSR count). The van der Waals surface area contributed by atoms with Crippen LogP contribution in [-0.2, 0) is 0 Å². The van der Waals surface area contributed by atoms with Gasteiger partial charge in [0.15, 0.2) is 5.88 Å². The number of piperidine rings is 1. The van der Waals surface area contributed by atoms with Gasteiger partial charge in [-0.1, -0.05) is 0 Å². The van der Waals surface area contributed by atoms with Crippen molar-refractivity contribution in [1.82, 2.24) is 19.9 Å². The smallest absolute Gasteiger partial charge is 0.254 e. The zero-order valence-corrected chi connectivity index (χ0v) is 15.7. The number of hydrogen-bond acceptors (Lipinski definition) is 7. The van der Waals surface area contributed by atoms with Gasteiger partial charge in [0.1, 0.15) is 12.1 Å². The molecule has 1 saturated heterocycles. The number of carbonyl (C=O) groups excluding carboxylic acids is 1. The molecule has 0 radical (unpaired) electrons. The third kappa shape index (κ3) is 3.78. The van der Waals surface area contributed by atoms with Gasteiger partial charge in [-0.2, -0.15) is 0 Å². The SMILES string of the molecule is COc1cc(N(C2CC2)C2CCN(C(=O)c3cc(O)[nH]c(=O)c3)CC2)ncn1. The van der Waals surface area contributed by atoms with Crippen LogP contribution in [0.15, 0.2) is 29.3 Å². The van der Waals surface area contributed by atoms with Gasteiger partial charge in [-0.3, -0.25) is 14.6 Å². The summed E-state index contributed by atoms with van der Waals surface area (Å²) in [6, 6.07) is 5.12. The van der Waals surface area contributed by atoms with E-state index < -0.39 is 5.56 Å². The molecule has 28 heavy (non-hydrogen) atoms. The predicted octanol–water partition coefficient (Wildman–Crippen LogP) is 1.15. The average molecular weight is 385 g/mol. The highest BCUT2D eigenvalue weighted by atomic mass is 16.5. The molecule has 1 aliphatic heterocycles. The van der Waals surface area contributed by atoms with Gasteiger partial charge >= 0.3 is 0 Å². The van der Waals surface area contributed by atoms with E-state index in [4.69, 9.17) is 4.74 Å². The molecule has 2 aromatic rings. The lowest BCUT2D eigenvalue weighted by Crippen LogP contribution is -2.48. The van der Waals surface area contributed by atoms with E-state index >= 15 is 0 Å². The van der Waals surface area contributed by atoms with E-state index in [0.29, 0.717) is 25.0 Å². The minimum atomic E-state index is -0.490. The maximum Gasteiger partial charge on any atom is 0.254 e. The van der Waals surface area contributed by atoms with E-state index in [1.165, 1.54) is 18.5 Å². The van der Waals surface area contributed by atoms with E-state index in [9.17, 15) is 14.7 Å². The molecular formula is C19H23N5O4. The Kier molecular flexibility index (Phi) is 4.89. The number of nitrogens with one attached hydrogen (secondary N) is 1. The summed E-state index contributed by atoms with van der Waals surface area (Å²) < 4.78 is 5.23. The summed E-state index contributed by atoms with van der Waals surface area (Å²) in [5, 5.41) is 9.54. The third-order valence-corrected chi connectivity index (χ3v) is 5.26. The molecule has 2 aromatic heterocycles. The van der Waals surface area contributed by atoms with Crippen LogP contribution >= 0.6 is 0 Å². The van der Waals surface area contributed by atoms with E-state index in [1.807, 2.05) is 6.07 Å². The molecule has 9 heteroatoms. The monoisotopic (exact) mass is 385 g/mol. The molecule has 148 valence electrons. The molecule has 0 aromatic carbocycles. The molecule has 1 saturated carbocycles. The van der Waals surface area contributed by atoms with Crippen LogP contribution in [0.1, 0.15) is 36.0 Å². The van der Waals surface area contributed by atoms with Crippen molar-refractivity contribution in [3.63, 3.8) is 0 Å². The Balaban J connectivity index is 1.46. The fourth-order valence-corrected chi connectivity index (χ4v) is 3.79. The number of ether oxygens (including phenoxy) is 1. The number of aromatic amines is 1. The number of hydrogen-bond donors (Lipinski definition) is 2. The Bertz CT molecular complexity index is 919. The molecule has 0 unspecified atom stereocenters.